The van der Waals surface area contributed by atoms with Crippen LogP contribution in [0.5, 0.6) is 0 Å². The molecule has 1 N–H and O–H groups in total. The van der Waals surface area contributed by atoms with E-state index in [0.717, 1.165) is 12.8 Å². The average Bonchev–Trinajstić information content (AvgIpc) is 1.63. The van der Waals surface area contributed by atoms with Gasteiger partial charge in [0.2, 0.25) is 0 Å². The molecule has 3 heteroatoms. The van der Waals surface area contributed by atoms with E-state index < -0.39 is 12.5 Å². The second-order valence-electron chi connectivity index (χ2n) is 2.12. The lowest BCUT2D eigenvalue weighted by molar-refractivity contribution is -0.203. The Kier molecular flexibility index (Phi) is 3.70. The van der Waals surface area contributed by atoms with E-state index in [-0.39, 0.29) is 0 Å². The van der Waals surface area contributed by atoms with Crippen molar-refractivity contribution in [1.29, 1.82) is 0 Å². The fourth-order valence-electron chi connectivity index (χ4n) is 0.588. The first-order chi connectivity index (χ1) is 4.06. The molecule has 1 nitrogen and oxygen atoms in total. The number of hydrogen-bond donors (Lipinski definition) is 1. The van der Waals surface area contributed by atoms with Crippen molar-refractivity contribution in [3.8, 4) is 0 Å². The smallest absolute Gasteiger partial charge is 0.336 e. The van der Waals surface area contributed by atoms with E-state index >= 15 is 0 Å². The van der Waals surface area contributed by atoms with Crippen molar-refractivity contribution in [1.82, 2.24) is 0 Å². The quantitative estimate of drug-likeness (QED) is 0.590. The van der Waals surface area contributed by atoms with E-state index in [1.54, 1.807) is 0 Å². The number of aliphatic hydroxyl groups is 1. The van der Waals surface area contributed by atoms with Crippen LogP contribution in [0, 0.1) is 0 Å². The van der Waals surface area contributed by atoms with Crippen LogP contribution in [0.2, 0.25) is 0 Å². The second-order valence-corrected chi connectivity index (χ2v) is 2.12. The zero-order chi connectivity index (χ0) is 7.33. The molecule has 9 heavy (non-hydrogen) atoms. The lowest BCUT2D eigenvalue weighted by atomic mass is 10.2. The Morgan fingerprint density at radius 1 is 1.33 bits per heavy atom. The van der Waals surface area contributed by atoms with Crippen LogP contribution in [-0.4, -0.2) is 11.2 Å². The minimum Gasteiger partial charge on any atom is -0.336 e. The van der Waals surface area contributed by atoms with Gasteiger partial charge in [0.1, 0.15) is 0 Å². The SMILES string of the molecule is CCCCCC(O)(F)F. The van der Waals surface area contributed by atoms with Gasteiger partial charge in [-0.3, -0.25) is 0 Å². The summed E-state index contributed by atoms with van der Waals surface area (Å²) in [5, 5.41) is 7.91. The van der Waals surface area contributed by atoms with Crippen LogP contribution in [0.4, 0.5) is 8.78 Å². The molecule has 0 fully saturated rings. The first kappa shape index (κ1) is 8.82. The lowest BCUT2D eigenvalue weighted by Crippen LogP contribution is -2.13. The minimum absolute atomic E-state index is 0.402. The van der Waals surface area contributed by atoms with Gasteiger partial charge in [0, 0.05) is 6.42 Å². The molecule has 0 aliphatic carbocycles. The zero-order valence-corrected chi connectivity index (χ0v) is 5.53. The molecule has 0 unspecified atom stereocenters. The summed E-state index contributed by atoms with van der Waals surface area (Å²) >= 11 is 0. The van der Waals surface area contributed by atoms with Crippen LogP contribution in [0.15, 0.2) is 0 Å². The van der Waals surface area contributed by atoms with E-state index in [0.29, 0.717) is 6.42 Å². The molecule has 0 aromatic carbocycles. The van der Waals surface area contributed by atoms with Gasteiger partial charge in [-0.15, -0.1) is 0 Å². The summed E-state index contributed by atoms with van der Waals surface area (Å²) in [4.78, 5) is 0. The molecule has 0 aliphatic rings. The highest BCUT2D eigenvalue weighted by Gasteiger charge is 2.22. The van der Waals surface area contributed by atoms with Gasteiger partial charge in [-0.25, -0.2) is 0 Å². The Morgan fingerprint density at radius 3 is 2.22 bits per heavy atom. The Bertz CT molecular complexity index is 67.9. The molecule has 0 amide bonds. The average molecular weight is 138 g/mol. The molecule has 0 rings (SSSR count). The van der Waals surface area contributed by atoms with E-state index in [1.165, 1.54) is 0 Å². The number of rotatable bonds is 4. The first-order valence-corrected chi connectivity index (χ1v) is 3.16. The summed E-state index contributed by atoms with van der Waals surface area (Å²) < 4.78 is 23.2. The number of hydrogen-bond acceptors (Lipinski definition) is 1. The largest absolute Gasteiger partial charge is 0.353 e. The van der Waals surface area contributed by atoms with Gasteiger partial charge in [-0.1, -0.05) is 19.8 Å². The number of unbranched alkanes of at least 4 members (excludes halogenated alkanes) is 2. The van der Waals surface area contributed by atoms with Crippen LogP contribution >= 0.6 is 0 Å². The van der Waals surface area contributed by atoms with Crippen molar-refractivity contribution >= 4 is 0 Å². The van der Waals surface area contributed by atoms with Gasteiger partial charge in [-0.2, -0.15) is 8.78 Å². The molecule has 0 aliphatic heterocycles. The molecule has 0 aromatic heterocycles. The Balaban J connectivity index is 3.07. The predicted molar refractivity (Wildman–Crippen MR) is 31.3 cm³/mol. The van der Waals surface area contributed by atoms with Gasteiger partial charge < -0.3 is 5.11 Å². The summed E-state index contributed by atoms with van der Waals surface area (Å²) in [5.41, 5.74) is 0. The van der Waals surface area contributed by atoms with Crippen LogP contribution in [0.3, 0.4) is 0 Å². The van der Waals surface area contributed by atoms with Gasteiger partial charge in [-0.05, 0) is 6.42 Å². The van der Waals surface area contributed by atoms with Crippen LogP contribution in [0.25, 0.3) is 0 Å². The third-order valence-corrected chi connectivity index (χ3v) is 1.08. The number of alkyl halides is 2. The lowest BCUT2D eigenvalue weighted by Gasteiger charge is -2.06. The summed E-state index contributed by atoms with van der Waals surface area (Å²) in [7, 11) is 0. The van der Waals surface area contributed by atoms with Crippen LogP contribution < -0.4 is 0 Å². The molecule has 0 heterocycles. The van der Waals surface area contributed by atoms with Crippen molar-refractivity contribution in [2.45, 2.75) is 38.7 Å². The Morgan fingerprint density at radius 2 is 1.89 bits per heavy atom. The molecule has 0 spiro atoms. The maximum Gasteiger partial charge on any atom is 0.353 e. The maximum atomic E-state index is 11.6. The third-order valence-electron chi connectivity index (χ3n) is 1.08. The van der Waals surface area contributed by atoms with Crippen LogP contribution in [-0.2, 0) is 0 Å². The van der Waals surface area contributed by atoms with Gasteiger partial charge >= 0.3 is 6.11 Å². The molecule has 0 atom stereocenters. The minimum atomic E-state index is -3.45. The van der Waals surface area contributed by atoms with Crippen molar-refractivity contribution in [3.05, 3.63) is 0 Å². The molecule has 0 saturated heterocycles. The highest BCUT2D eigenvalue weighted by molar-refractivity contribution is 4.48. The topological polar surface area (TPSA) is 20.2 Å². The number of halogens is 2. The Hall–Kier alpha value is -0.180. The van der Waals surface area contributed by atoms with Crippen molar-refractivity contribution in [2.24, 2.45) is 0 Å². The van der Waals surface area contributed by atoms with E-state index in [9.17, 15) is 8.78 Å². The predicted octanol–water partition coefficient (Wildman–Crippen LogP) is 2.15. The fourth-order valence-corrected chi connectivity index (χ4v) is 0.588. The highest BCUT2D eigenvalue weighted by atomic mass is 19.3. The standard InChI is InChI=1S/C6H12F2O/c1-2-3-4-5-6(7,8)9/h9H,2-5H2,1H3. The van der Waals surface area contributed by atoms with E-state index in [2.05, 4.69) is 0 Å². The fraction of sp³-hybridized carbons (Fsp3) is 1.00. The molecule has 0 radical (unpaired) electrons. The van der Waals surface area contributed by atoms with Crippen molar-refractivity contribution in [3.63, 3.8) is 0 Å². The van der Waals surface area contributed by atoms with Gasteiger partial charge in [0.15, 0.2) is 0 Å². The Labute approximate surface area is 53.7 Å². The van der Waals surface area contributed by atoms with Crippen molar-refractivity contribution in [2.75, 3.05) is 0 Å². The van der Waals surface area contributed by atoms with Gasteiger partial charge in [0.25, 0.3) is 0 Å². The van der Waals surface area contributed by atoms with E-state index in [1.807, 2.05) is 6.92 Å². The second kappa shape index (κ2) is 3.77. The van der Waals surface area contributed by atoms with Crippen LogP contribution in [0.1, 0.15) is 32.6 Å². The third kappa shape index (κ3) is 7.82. The van der Waals surface area contributed by atoms with Gasteiger partial charge in [0.05, 0.1) is 0 Å². The highest BCUT2D eigenvalue weighted by Crippen LogP contribution is 2.17. The van der Waals surface area contributed by atoms with E-state index in [4.69, 9.17) is 5.11 Å². The molecule has 0 aromatic rings. The molecular weight excluding hydrogens is 126 g/mol. The monoisotopic (exact) mass is 138 g/mol. The summed E-state index contributed by atoms with van der Waals surface area (Å²) in [6.45, 7) is 1.93. The van der Waals surface area contributed by atoms with Crippen molar-refractivity contribution < 1.29 is 13.9 Å². The summed E-state index contributed by atoms with van der Waals surface area (Å²) in [5.74, 6) is 0. The normalized spacial score (nSPS) is 12.0. The maximum absolute atomic E-state index is 11.6. The first-order valence-electron chi connectivity index (χ1n) is 3.16. The summed E-state index contributed by atoms with van der Waals surface area (Å²) in [6.07, 6.45) is -1.79. The zero-order valence-electron chi connectivity index (χ0n) is 5.53. The molecule has 56 valence electrons. The summed E-state index contributed by atoms with van der Waals surface area (Å²) in [6, 6.07) is 0. The molecule has 0 saturated carbocycles. The molecule has 0 bridgehead atoms. The molecular formula is C6H12F2O.